The summed E-state index contributed by atoms with van der Waals surface area (Å²) >= 11 is 1.72. The topological polar surface area (TPSA) is 35.2 Å². The second-order valence-electron chi connectivity index (χ2n) is 3.36. The summed E-state index contributed by atoms with van der Waals surface area (Å²) in [7, 11) is 0. The van der Waals surface area contributed by atoms with E-state index in [1.807, 2.05) is 26.0 Å². The molecule has 0 heterocycles. The maximum atomic E-state index is 5.20. The zero-order valence-electron chi connectivity index (χ0n) is 8.20. The fourth-order valence-electron chi connectivity index (χ4n) is 1.06. The van der Waals surface area contributed by atoms with E-state index >= 15 is 0 Å². The van der Waals surface area contributed by atoms with Crippen molar-refractivity contribution in [3.05, 3.63) is 29.8 Å². The fraction of sp³-hybridized carbons (Fsp3) is 0.400. The molecule has 3 heteroatoms. The second-order valence-corrected chi connectivity index (χ2v) is 4.24. The van der Waals surface area contributed by atoms with Gasteiger partial charge in [-0.3, -0.25) is 4.84 Å². The maximum Gasteiger partial charge on any atom is 0.109 e. The first-order chi connectivity index (χ1) is 6.10. The summed E-state index contributed by atoms with van der Waals surface area (Å²) in [5, 5.41) is 0. The van der Waals surface area contributed by atoms with Gasteiger partial charge in [-0.2, -0.15) is 0 Å². The highest BCUT2D eigenvalue weighted by Gasteiger charge is 2.19. The molecule has 0 amide bonds. The average molecular weight is 197 g/mol. The number of rotatable bonds is 3. The summed E-state index contributed by atoms with van der Waals surface area (Å²) in [6, 6.07) is 8.22. The van der Waals surface area contributed by atoms with E-state index in [9.17, 15) is 0 Å². The van der Waals surface area contributed by atoms with Crippen LogP contribution in [0.2, 0.25) is 0 Å². The first kappa shape index (κ1) is 10.6. The summed E-state index contributed by atoms with van der Waals surface area (Å²) in [5.41, 5.74) is 0.685. The van der Waals surface area contributed by atoms with Gasteiger partial charge >= 0.3 is 0 Å². The number of hydrogen-bond acceptors (Lipinski definition) is 3. The Kier molecular flexibility index (Phi) is 3.36. The van der Waals surface area contributed by atoms with Crippen molar-refractivity contribution in [3.8, 4) is 0 Å². The number of nitrogens with two attached hydrogens (primary N) is 1. The van der Waals surface area contributed by atoms with Crippen LogP contribution in [-0.4, -0.2) is 6.26 Å². The molecule has 1 aromatic rings. The maximum absolute atomic E-state index is 5.20. The minimum Gasteiger partial charge on any atom is -0.294 e. The highest BCUT2D eigenvalue weighted by atomic mass is 32.2. The lowest BCUT2D eigenvalue weighted by molar-refractivity contribution is -0.0236. The molecule has 1 aromatic carbocycles. The van der Waals surface area contributed by atoms with Gasteiger partial charge in [0.1, 0.15) is 5.60 Å². The van der Waals surface area contributed by atoms with Crippen LogP contribution in [0, 0.1) is 0 Å². The van der Waals surface area contributed by atoms with Gasteiger partial charge in [-0.25, -0.2) is 5.90 Å². The van der Waals surface area contributed by atoms with E-state index in [2.05, 4.69) is 18.4 Å². The first-order valence-electron chi connectivity index (χ1n) is 4.12. The highest BCUT2D eigenvalue weighted by molar-refractivity contribution is 7.98. The van der Waals surface area contributed by atoms with Crippen LogP contribution in [0.3, 0.4) is 0 Å². The Bertz CT molecular complexity index is 269. The minimum atomic E-state index is -0.406. The van der Waals surface area contributed by atoms with Gasteiger partial charge < -0.3 is 0 Å². The van der Waals surface area contributed by atoms with Gasteiger partial charge in [0.2, 0.25) is 0 Å². The molecular weight excluding hydrogens is 182 g/mol. The lowest BCUT2D eigenvalue weighted by Gasteiger charge is -2.22. The molecule has 0 fully saturated rings. The predicted octanol–water partition coefficient (Wildman–Crippen LogP) is 2.53. The van der Waals surface area contributed by atoms with E-state index in [4.69, 9.17) is 10.7 Å². The van der Waals surface area contributed by atoms with Crippen LogP contribution in [0.1, 0.15) is 19.4 Å². The molecule has 13 heavy (non-hydrogen) atoms. The SMILES string of the molecule is CSc1ccc(C(C)(C)ON)cc1. The monoisotopic (exact) mass is 197 g/mol. The number of benzene rings is 1. The molecule has 0 aromatic heterocycles. The minimum absolute atomic E-state index is 0.406. The fourth-order valence-corrected chi connectivity index (χ4v) is 1.47. The first-order valence-corrected chi connectivity index (χ1v) is 5.35. The molecule has 2 N–H and O–H groups in total. The lowest BCUT2D eigenvalue weighted by Crippen LogP contribution is -2.25. The van der Waals surface area contributed by atoms with Gasteiger partial charge in [-0.1, -0.05) is 12.1 Å². The van der Waals surface area contributed by atoms with Crippen molar-refractivity contribution < 1.29 is 4.84 Å². The molecule has 0 saturated heterocycles. The van der Waals surface area contributed by atoms with Crippen LogP contribution in [-0.2, 0) is 10.4 Å². The van der Waals surface area contributed by atoms with Crippen LogP contribution in [0.5, 0.6) is 0 Å². The Hall–Kier alpha value is -0.510. The predicted molar refractivity (Wildman–Crippen MR) is 56.5 cm³/mol. The zero-order chi connectivity index (χ0) is 9.90. The van der Waals surface area contributed by atoms with Gasteiger partial charge in [0.25, 0.3) is 0 Å². The molecule has 0 aliphatic rings. The smallest absolute Gasteiger partial charge is 0.109 e. The van der Waals surface area contributed by atoms with Gasteiger partial charge in [0.05, 0.1) is 0 Å². The van der Waals surface area contributed by atoms with Gasteiger partial charge in [0, 0.05) is 4.90 Å². The van der Waals surface area contributed by atoms with E-state index < -0.39 is 5.60 Å². The molecule has 0 saturated carbocycles. The van der Waals surface area contributed by atoms with Crippen LogP contribution < -0.4 is 5.90 Å². The summed E-state index contributed by atoms with van der Waals surface area (Å²) in [5.74, 6) is 5.20. The molecule has 0 aliphatic heterocycles. The van der Waals surface area contributed by atoms with Crippen molar-refractivity contribution in [2.75, 3.05) is 6.26 Å². The summed E-state index contributed by atoms with van der Waals surface area (Å²) in [4.78, 5) is 6.14. The summed E-state index contributed by atoms with van der Waals surface area (Å²) in [6.45, 7) is 3.89. The van der Waals surface area contributed by atoms with Gasteiger partial charge in [0.15, 0.2) is 0 Å². The lowest BCUT2D eigenvalue weighted by atomic mass is 9.99. The third-order valence-corrected chi connectivity index (χ3v) is 2.82. The molecule has 0 bridgehead atoms. The van der Waals surface area contributed by atoms with Crippen LogP contribution in [0.15, 0.2) is 29.2 Å². The Morgan fingerprint density at radius 2 is 1.77 bits per heavy atom. The molecule has 0 atom stereocenters. The van der Waals surface area contributed by atoms with Crippen molar-refractivity contribution >= 4 is 11.8 Å². The van der Waals surface area contributed by atoms with E-state index in [0.717, 1.165) is 5.56 Å². The van der Waals surface area contributed by atoms with Crippen LogP contribution in [0.4, 0.5) is 0 Å². The van der Waals surface area contributed by atoms with Crippen molar-refractivity contribution in [1.29, 1.82) is 0 Å². The van der Waals surface area contributed by atoms with E-state index in [0.29, 0.717) is 0 Å². The summed E-state index contributed by atoms with van der Waals surface area (Å²) < 4.78 is 0. The molecule has 0 radical (unpaired) electrons. The van der Waals surface area contributed by atoms with Crippen molar-refractivity contribution in [1.82, 2.24) is 0 Å². The Morgan fingerprint density at radius 3 is 2.15 bits per heavy atom. The molecular formula is C10H15NOS. The average Bonchev–Trinajstić information content (AvgIpc) is 2.18. The molecule has 0 unspecified atom stereocenters. The standard InChI is InChI=1S/C10H15NOS/c1-10(2,12-11)8-4-6-9(13-3)7-5-8/h4-7H,11H2,1-3H3. The number of thioether (sulfide) groups is 1. The van der Waals surface area contributed by atoms with E-state index in [-0.39, 0.29) is 0 Å². The van der Waals surface area contributed by atoms with E-state index in [1.54, 1.807) is 11.8 Å². The van der Waals surface area contributed by atoms with Crippen molar-refractivity contribution in [3.63, 3.8) is 0 Å². The Morgan fingerprint density at radius 1 is 1.23 bits per heavy atom. The molecule has 0 aliphatic carbocycles. The van der Waals surface area contributed by atoms with Crippen LogP contribution in [0.25, 0.3) is 0 Å². The third-order valence-electron chi connectivity index (χ3n) is 2.08. The largest absolute Gasteiger partial charge is 0.294 e. The molecule has 0 spiro atoms. The van der Waals surface area contributed by atoms with Gasteiger partial charge in [-0.15, -0.1) is 11.8 Å². The third kappa shape index (κ3) is 2.46. The molecule has 1 rings (SSSR count). The van der Waals surface area contributed by atoms with Crippen molar-refractivity contribution in [2.45, 2.75) is 24.3 Å². The number of hydrogen-bond donors (Lipinski definition) is 1. The highest BCUT2D eigenvalue weighted by Crippen LogP contribution is 2.24. The normalized spacial score (nSPS) is 11.7. The molecule has 2 nitrogen and oxygen atoms in total. The van der Waals surface area contributed by atoms with Gasteiger partial charge in [-0.05, 0) is 37.8 Å². The zero-order valence-corrected chi connectivity index (χ0v) is 9.02. The summed E-state index contributed by atoms with van der Waals surface area (Å²) in [6.07, 6.45) is 2.06. The molecule has 72 valence electrons. The van der Waals surface area contributed by atoms with Crippen molar-refractivity contribution in [2.24, 2.45) is 5.90 Å². The Balaban J connectivity index is 2.92. The Labute approximate surface area is 83.4 Å². The van der Waals surface area contributed by atoms with Crippen LogP contribution >= 0.6 is 11.8 Å². The van der Waals surface area contributed by atoms with E-state index in [1.165, 1.54) is 4.90 Å². The quantitative estimate of drug-likeness (QED) is 0.597. The second kappa shape index (κ2) is 4.13.